The lowest BCUT2D eigenvalue weighted by Crippen LogP contribution is -1.99. The number of H-pyrrole nitrogens is 2. The Morgan fingerprint density at radius 3 is 2.95 bits per heavy atom. The van der Waals surface area contributed by atoms with E-state index in [2.05, 4.69) is 30.1 Å². The molecule has 0 aliphatic rings. The van der Waals surface area contributed by atoms with Gasteiger partial charge in [0, 0.05) is 6.20 Å². The van der Waals surface area contributed by atoms with Crippen molar-refractivity contribution in [2.75, 3.05) is 0 Å². The molecule has 0 saturated heterocycles. The van der Waals surface area contributed by atoms with Gasteiger partial charge in [0.05, 0.1) is 16.6 Å². The second-order valence-electron chi connectivity index (χ2n) is 4.33. The Labute approximate surface area is 116 Å². The molecule has 0 saturated carbocycles. The molecule has 0 unspecified atom stereocenters. The standard InChI is InChI=1S/C13H8N6O2/c20-13-16-8-3-1-2-7(10(8)17-13)12-18-11(19-21-12)9-4-5-14-6-15-9/h1-6H,(H2,16,17,20). The highest BCUT2D eigenvalue weighted by molar-refractivity contribution is 5.89. The summed E-state index contributed by atoms with van der Waals surface area (Å²) in [6.45, 7) is 0. The molecule has 8 heteroatoms. The number of hydrogen-bond acceptors (Lipinski definition) is 6. The Balaban J connectivity index is 1.87. The van der Waals surface area contributed by atoms with Crippen molar-refractivity contribution in [2.45, 2.75) is 0 Å². The van der Waals surface area contributed by atoms with Gasteiger partial charge in [-0.2, -0.15) is 4.98 Å². The summed E-state index contributed by atoms with van der Waals surface area (Å²) < 4.78 is 5.27. The zero-order valence-electron chi connectivity index (χ0n) is 10.6. The van der Waals surface area contributed by atoms with Gasteiger partial charge in [-0.05, 0) is 18.2 Å². The Kier molecular flexibility index (Phi) is 2.40. The van der Waals surface area contributed by atoms with Crippen LogP contribution in [0.5, 0.6) is 0 Å². The molecule has 3 heterocycles. The maximum atomic E-state index is 11.4. The first-order chi connectivity index (χ1) is 10.3. The van der Waals surface area contributed by atoms with Gasteiger partial charge in [0.25, 0.3) is 5.89 Å². The Morgan fingerprint density at radius 2 is 2.10 bits per heavy atom. The van der Waals surface area contributed by atoms with Crippen LogP contribution in [0.1, 0.15) is 0 Å². The second-order valence-corrected chi connectivity index (χ2v) is 4.33. The van der Waals surface area contributed by atoms with Crippen molar-refractivity contribution in [3.63, 3.8) is 0 Å². The Hall–Kier alpha value is -3.29. The van der Waals surface area contributed by atoms with E-state index in [1.165, 1.54) is 6.33 Å². The summed E-state index contributed by atoms with van der Waals surface area (Å²) in [6.07, 6.45) is 3.01. The van der Waals surface area contributed by atoms with Gasteiger partial charge in [0.15, 0.2) is 0 Å². The molecule has 0 amide bonds. The predicted molar refractivity (Wildman–Crippen MR) is 73.2 cm³/mol. The Morgan fingerprint density at radius 1 is 1.14 bits per heavy atom. The average molecular weight is 280 g/mol. The van der Waals surface area contributed by atoms with Gasteiger partial charge in [-0.25, -0.2) is 14.8 Å². The lowest BCUT2D eigenvalue weighted by Gasteiger charge is -1.95. The van der Waals surface area contributed by atoms with E-state index in [0.29, 0.717) is 34.0 Å². The van der Waals surface area contributed by atoms with Crippen molar-refractivity contribution in [3.8, 4) is 23.0 Å². The van der Waals surface area contributed by atoms with Crippen LogP contribution >= 0.6 is 0 Å². The molecule has 2 N–H and O–H groups in total. The van der Waals surface area contributed by atoms with Crippen molar-refractivity contribution in [2.24, 2.45) is 0 Å². The van der Waals surface area contributed by atoms with Crippen LogP contribution in [-0.4, -0.2) is 30.1 Å². The molecule has 0 fully saturated rings. The summed E-state index contributed by atoms with van der Waals surface area (Å²) in [5.41, 5.74) is 2.24. The van der Waals surface area contributed by atoms with Gasteiger partial charge in [-0.1, -0.05) is 11.2 Å². The molecule has 1 aromatic carbocycles. The average Bonchev–Trinajstić information content (AvgIpc) is 3.13. The molecule has 0 atom stereocenters. The van der Waals surface area contributed by atoms with E-state index in [4.69, 9.17) is 4.52 Å². The minimum absolute atomic E-state index is 0.284. The minimum atomic E-state index is -0.284. The summed E-state index contributed by atoms with van der Waals surface area (Å²) in [5.74, 6) is 0.673. The van der Waals surface area contributed by atoms with Crippen LogP contribution in [0.4, 0.5) is 0 Å². The summed E-state index contributed by atoms with van der Waals surface area (Å²) in [5, 5.41) is 3.90. The normalized spacial score (nSPS) is 11.0. The summed E-state index contributed by atoms with van der Waals surface area (Å²) in [6, 6.07) is 7.07. The van der Waals surface area contributed by atoms with E-state index in [1.54, 1.807) is 30.5 Å². The van der Waals surface area contributed by atoms with Crippen LogP contribution in [0, 0.1) is 0 Å². The number of hydrogen-bond donors (Lipinski definition) is 2. The number of aromatic amines is 2. The first kappa shape index (κ1) is 11.5. The summed E-state index contributed by atoms with van der Waals surface area (Å²) >= 11 is 0. The third-order valence-electron chi connectivity index (χ3n) is 3.02. The van der Waals surface area contributed by atoms with E-state index >= 15 is 0 Å². The molecule has 0 aliphatic carbocycles. The van der Waals surface area contributed by atoms with Crippen LogP contribution < -0.4 is 5.69 Å². The van der Waals surface area contributed by atoms with Crippen LogP contribution in [-0.2, 0) is 0 Å². The number of fused-ring (bicyclic) bond motifs is 1. The van der Waals surface area contributed by atoms with Crippen molar-refractivity contribution < 1.29 is 4.52 Å². The van der Waals surface area contributed by atoms with E-state index in [9.17, 15) is 4.79 Å². The topological polar surface area (TPSA) is 113 Å². The number of rotatable bonds is 2. The quantitative estimate of drug-likeness (QED) is 0.573. The van der Waals surface area contributed by atoms with Gasteiger partial charge in [0.1, 0.15) is 12.0 Å². The first-order valence-corrected chi connectivity index (χ1v) is 6.13. The Bertz CT molecular complexity index is 969. The SMILES string of the molecule is O=c1[nH]c2cccc(-c3nc(-c4ccncn4)no3)c2[nH]1. The third-order valence-corrected chi connectivity index (χ3v) is 3.02. The summed E-state index contributed by atoms with van der Waals surface area (Å²) in [4.78, 5) is 29.0. The van der Waals surface area contributed by atoms with Gasteiger partial charge in [0.2, 0.25) is 5.82 Å². The van der Waals surface area contributed by atoms with Gasteiger partial charge >= 0.3 is 5.69 Å². The molecule has 4 rings (SSSR count). The van der Waals surface area contributed by atoms with Crippen LogP contribution in [0.25, 0.3) is 34.0 Å². The smallest absolute Gasteiger partial charge is 0.323 e. The molecular formula is C13H8N6O2. The van der Waals surface area contributed by atoms with E-state index in [-0.39, 0.29) is 5.69 Å². The van der Waals surface area contributed by atoms with Crippen molar-refractivity contribution in [1.82, 2.24) is 30.1 Å². The van der Waals surface area contributed by atoms with Crippen LogP contribution in [0.15, 0.2) is 46.1 Å². The maximum absolute atomic E-state index is 11.4. The van der Waals surface area contributed by atoms with E-state index < -0.39 is 0 Å². The molecule has 0 spiro atoms. The molecule has 0 aliphatic heterocycles. The number of benzene rings is 1. The second kappa shape index (κ2) is 4.37. The number of aromatic nitrogens is 6. The molecule has 8 nitrogen and oxygen atoms in total. The molecular weight excluding hydrogens is 272 g/mol. The molecule has 21 heavy (non-hydrogen) atoms. The number of para-hydroxylation sites is 1. The van der Waals surface area contributed by atoms with Crippen LogP contribution in [0.3, 0.4) is 0 Å². The van der Waals surface area contributed by atoms with Gasteiger partial charge < -0.3 is 14.5 Å². The summed E-state index contributed by atoms with van der Waals surface area (Å²) in [7, 11) is 0. The molecule has 0 bridgehead atoms. The highest BCUT2D eigenvalue weighted by Crippen LogP contribution is 2.25. The lowest BCUT2D eigenvalue weighted by atomic mass is 10.2. The first-order valence-electron chi connectivity index (χ1n) is 6.13. The van der Waals surface area contributed by atoms with E-state index in [1.807, 2.05) is 0 Å². The number of nitrogens with zero attached hydrogens (tertiary/aromatic N) is 4. The molecule has 3 aromatic heterocycles. The van der Waals surface area contributed by atoms with E-state index in [0.717, 1.165) is 0 Å². The largest absolute Gasteiger partial charge is 0.333 e. The van der Waals surface area contributed by atoms with Gasteiger partial charge in [-0.3, -0.25) is 0 Å². The van der Waals surface area contributed by atoms with Crippen molar-refractivity contribution in [3.05, 3.63) is 47.3 Å². The van der Waals surface area contributed by atoms with Gasteiger partial charge in [-0.15, -0.1) is 0 Å². The zero-order chi connectivity index (χ0) is 14.2. The molecule has 102 valence electrons. The highest BCUT2D eigenvalue weighted by Gasteiger charge is 2.15. The fourth-order valence-corrected chi connectivity index (χ4v) is 2.10. The van der Waals surface area contributed by atoms with Crippen molar-refractivity contribution >= 4 is 11.0 Å². The predicted octanol–water partition coefficient (Wildman–Crippen LogP) is 1.36. The number of nitrogens with one attached hydrogen (secondary N) is 2. The minimum Gasteiger partial charge on any atom is -0.333 e. The fourth-order valence-electron chi connectivity index (χ4n) is 2.10. The maximum Gasteiger partial charge on any atom is 0.323 e. The van der Waals surface area contributed by atoms with Crippen molar-refractivity contribution in [1.29, 1.82) is 0 Å². The van der Waals surface area contributed by atoms with Crippen LogP contribution in [0.2, 0.25) is 0 Å². The lowest BCUT2D eigenvalue weighted by molar-refractivity contribution is 0.432. The molecule has 0 radical (unpaired) electrons. The fraction of sp³-hybridized carbons (Fsp3) is 0. The number of imidazole rings is 1. The third kappa shape index (κ3) is 1.89. The monoisotopic (exact) mass is 280 g/mol. The highest BCUT2D eigenvalue weighted by atomic mass is 16.5. The molecule has 4 aromatic rings. The zero-order valence-corrected chi connectivity index (χ0v) is 10.6.